The molecule has 7 heteroatoms. The number of halogens is 1. The van der Waals surface area contributed by atoms with Gasteiger partial charge in [-0.1, -0.05) is 42.0 Å². The highest BCUT2D eigenvalue weighted by molar-refractivity contribution is 7.99. The highest BCUT2D eigenvalue weighted by Gasteiger charge is 2.17. The SMILES string of the molecule is Cc1cccc(CSCC(=O)NNC(=O)C(C)Oc2ccccc2F)c1. The lowest BCUT2D eigenvalue weighted by Gasteiger charge is -2.15. The number of hydrogen-bond donors (Lipinski definition) is 2. The first-order valence-electron chi connectivity index (χ1n) is 8.09. The van der Waals surface area contributed by atoms with Gasteiger partial charge in [-0.15, -0.1) is 11.8 Å². The van der Waals surface area contributed by atoms with Crippen LogP contribution in [-0.2, 0) is 15.3 Å². The lowest BCUT2D eigenvalue weighted by Crippen LogP contribution is -2.47. The highest BCUT2D eigenvalue weighted by atomic mass is 32.2. The summed E-state index contributed by atoms with van der Waals surface area (Å²) in [6.45, 7) is 3.49. The fourth-order valence-electron chi connectivity index (χ4n) is 2.12. The van der Waals surface area contributed by atoms with Gasteiger partial charge in [0.15, 0.2) is 17.7 Å². The molecule has 0 heterocycles. The van der Waals surface area contributed by atoms with Crippen LogP contribution < -0.4 is 15.6 Å². The van der Waals surface area contributed by atoms with Crippen molar-refractivity contribution in [3.63, 3.8) is 0 Å². The third-order valence-electron chi connectivity index (χ3n) is 3.42. The number of carbonyl (C=O) groups is 2. The summed E-state index contributed by atoms with van der Waals surface area (Å²) in [6, 6.07) is 13.9. The van der Waals surface area contributed by atoms with Crippen molar-refractivity contribution < 1.29 is 18.7 Å². The molecule has 0 aromatic heterocycles. The van der Waals surface area contributed by atoms with Crippen LogP contribution in [0.15, 0.2) is 48.5 Å². The molecule has 138 valence electrons. The van der Waals surface area contributed by atoms with E-state index >= 15 is 0 Å². The molecule has 26 heavy (non-hydrogen) atoms. The van der Waals surface area contributed by atoms with Crippen molar-refractivity contribution in [3.8, 4) is 5.75 Å². The summed E-state index contributed by atoms with van der Waals surface area (Å²) in [5, 5.41) is 0. The molecule has 0 radical (unpaired) electrons. The maximum absolute atomic E-state index is 13.5. The summed E-state index contributed by atoms with van der Waals surface area (Å²) >= 11 is 1.44. The number of aryl methyl sites for hydroxylation is 1. The van der Waals surface area contributed by atoms with Gasteiger partial charge in [0, 0.05) is 5.75 Å². The van der Waals surface area contributed by atoms with Crippen LogP contribution in [0.1, 0.15) is 18.1 Å². The monoisotopic (exact) mass is 376 g/mol. The maximum atomic E-state index is 13.5. The molecule has 2 N–H and O–H groups in total. The van der Waals surface area contributed by atoms with Crippen molar-refractivity contribution in [1.82, 2.24) is 10.9 Å². The van der Waals surface area contributed by atoms with E-state index in [2.05, 4.69) is 16.9 Å². The molecular weight excluding hydrogens is 355 g/mol. The van der Waals surface area contributed by atoms with E-state index < -0.39 is 17.8 Å². The minimum Gasteiger partial charge on any atom is -0.478 e. The summed E-state index contributed by atoms with van der Waals surface area (Å²) in [4.78, 5) is 23.7. The van der Waals surface area contributed by atoms with E-state index in [1.165, 1.54) is 42.4 Å². The Kier molecular flexibility index (Phi) is 7.47. The van der Waals surface area contributed by atoms with E-state index in [-0.39, 0.29) is 17.4 Å². The van der Waals surface area contributed by atoms with Gasteiger partial charge in [0.05, 0.1) is 5.75 Å². The fraction of sp³-hybridized carbons (Fsp3) is 0.263. The Hall–Kier alpha value is -2.54. The van der Waals surface area contributed by atoms with Crippen LogP contribution in [0.4, 0.5) is 4.39 Å². The smallest absolute Gasteiger partial charge is 0.279 e. The summed E-state index contributed by atoms with van der Waals surface area (Å²) in [6.07, 6.45) is -0.952. The normalized spacial score (nSPS) is 11.5. The zero-order chi connectivity index (χ0) is 18.9. The summed E-state index contributed by atoms with van der Waals surface area (Å²) < 4.78 is 18.7. The first-order chi connectivity index (χ1) is 12.5. The minimum atomic E-state index is -0.952. The quantitative estimate of drug-likeness (QED) is 0.729. The number of thioether (sulfide) groups is 1. The zero-order valence-corrected chi connectivity index (χ0v) is 15.4. The van der Waals surface area contributed by atoms with Gasteiger partial charge in [-0.25, -0.2) is 4.39 Å². The molecule has 0 bridgehead atoms. The third kappa shape index (κ3) is 6.40. The Morgan fingerprint density at radius 3 is 2.65 bits per heavy atom. The lowest BCUT2D eigenvalue weighted by molar-refractivity contribution is -0.132. The standard InChI is InChI=1S/C19H21FN2O3S/c1-13-6-5-7-15(10-13)11-26-12-18(23)21-22-19(24)14(2)25-17-9-4-3-8-16(17)20/h3-10,14H,11-12H2,1-2H3,(H,21,23)(H,22,24). The summed E-state index contributed by atoms with van der Waals surface area (Å²) in [7, 11) is 0. The van der Waals surface area contributed by atoms with Crippen molar-refractivity contribution in [3.05, 3.63) is 65.5 Å². The van der Waals surface area contributed by atoms with Crippen molar-refractivity contribution in [2.24, 2.45) is 0 Å². The van der Waals surface area contributed by atoms with Gasteiger partial charge < -0.3 is 4.74 Å². The number of nitrogens with one attached hydrogen (secondary N) is 2. The van der Waals surface area contributed by atoms with Gasteiger partial charge in [0.1, 0.15) is 0 Å². The van der Waals surface area contributed by atoms with Crippen LogP contribution in [0.2, 0.25) is 0 Å². The number of benzene rings is 2. The molecule has 1 unspecified atom stereocenters. The van der Waals surface area contributed by atoms with Gasteiger partial charge in [-0.3, -0.25) is 20.4 Å². The number of hydrogen-bond acceptors (Lipinski definition) is 4. The van der Waals surface area contributed by atoms with Crippen LogP contribution in [0.25, 0.3) is 0 Å². The second kappa shape index (κ2) is 9.82. The Labute approximate surface area is 156 Å². The van der Waals surface area contributed by atoms with E-state index in [0.29, 0.717) is 5.75 Å². The first-order valence-corrected chi connectivity index (χ1v) is 9.24. The summed E-state index contributed by atoms with van der Waals surface area (Å²) in [5.74, 6) is -0.551. The number of ether oxygens (including phenoxy) is 1. The Bertz CT molecular complexity index is 770. The van der Waals surface area contributed by atoms with Crippen LogP contribution in [0, 0.1) is 12.7 Å². The van der Waals surface area contributed by atoms with Crippen molar-refractivity contribution in [2.75, 3.05) is 5.75 Å². The van der Waals surface area contributed by atoms with E-state index in [9.17, 15) is 14.0 Å². The molecule has 2 aromatic carbocycles. The Morgan fingerprint density at radius 1 is 1.15 bits per heavy atom. The van der Waals surface area contributed by atoms with Crippen LogP contribution in [0.5, 0.6) is 5.75 Å². The molecule has 2 rings (SSSR count). The van der Waals surface area contributed by atoms with Crippen LogP contribution in [-0.4, -0.2) is 23.7 Å². The topological polar surface area (TPSA) is 67.4 Å². The Balaban J connectivity index is 1.69. The molecular formula is C19H21FN2O3S. The molecule has 0 aliphatic rings. The zero-order valence-electron chi connectivity index (χ0n) is 14.6. The van der Waals surface area contributed by atoms with Crippen molar-refractivity contribution in [1.29, 1.82) is 0 Å². The molecule has 2 aromatic rings. The third-order valence-corrected chi connectivity index (χ3v) is 4.42. The molecule has 2 amide bonds. The molecule has 1 atom stereocenters. The van der Waals surface area contributed by atoms with E-state index in [1.54, 1.807) is 6.07 Å². The number of amides is 2. The first kappa shape index (κ1) is 19.8. The van der Waals surface area contributed by atoms with Gasteiger partial charge in [0.25, 0.3) is 5.91 Å². The molecule has 0 fully saturated rings. The summed E-state index contributed by atoms with van der Waals surface area (Å²) in [5.41, 5.74) is 6.92. The lowest BCUT2D eigenvalue weighted by atomic mass is 10.2. The molecule has 0 aliphatic carbocycles. The van der Waals surface area contributed by atoms with Gasteiger partial charge in [0.2, 0.25) is 5.91 Å². The van der Waals surface area contributed by atoms with Gasteiger partial charge in [-0.2, -0.15) is 0 Å². The van der Waals surface area contributed by atoms with Gasteiger partial charge >= 0.3 is 0 Å². The van der Waals surface area contributed by atoms with Crippen molar-refractivity contribution in [2.45, 2.75) is 25.7 Å². The number of para-hydroxylation sites is 1. The fourth-order valence-corrected chi connectivity index (χ4v) is 2.89. The van der Waals surface area contributed by atoms with Gasteiger partial charge in [-0.05, 0) is 31.5 Å². The number of hydrazine groups is 1. The minimum absolute atomic E-state index is 0.0183. The highest BCUT2D eigenvalue weighted by Crippen LogP contribution is 2.17. The molecule has 5 nitrogen and oxygen atoms in total. The largest absolute Gasteiger partial charge is 0.478 e. The van der Waals surface area contributed by atoms with Crippen LogP contribution >= 0.6 is 11.8 Å². The second-order valence-corrected chi connectivity index (χ2v) is 6.70. The van der Waals surface area contributed by atoms with E-state index in [4.69, 9.17) is 4.74 Å². The molecule has 0 spiro atoms. The number of rotatable bonds is 7. The predicted octanol–water partition coefficient (Wildman–Crippen LogP) is 2.98. The van der Waals surface area contributed by atoms with E-state index in [0.717, 1.165) is 5.56 Å². The predicted molar refractivity (Wildman–Crippen MR) is 100 cm³/mol. The Morgan fingerprint density at radius 2 is 1.92 bits per heavy atom. The average molecular weight is 376 g/mol. The molecule has 0 aliphatic heterocycles. The van der Waals surface area contributed by atoms with Crippen LogP contribution in [0.3, 0.4) is 0 Å². The van der Waals surface area contributed by atoms with E-state index in [1.807, 2.05) is 25.1 Å². The average Bonchev–Trinajstić information content (AvgIpc) is 2.61. The number of carbonyl (C=O) groups excluding carboxylic acids is 2. The van der Waals surface area contributed by atoms with Crippen molar-refractivity contribution >= 4 is 23.6 Å². The molecule has 0 saturated carbocycles. The molecule has 0 saturated heterocycles. The maximum Gasteiger partial charge on any atom is 0.279 e. The second-order valence-electron chi connectivity index (χ2n) is 5.71.